The van der Waals surface area contributed by atoms with Crippen LogP contribution >= 0.6 is 11.3 Å². The number of benzene rings is 1. The van der Waals surface area contributed by atoms with E-state index in [0.29, 0.717) is 12.0 Å². The van der Waals surface area contributed by atoms with E-state index in [9.17, 15) is 0 Å². The fourth-order valence-electron chi connectivity index (χ4n) is 3.10. The summed E-state index contributed by atoms with van der Waals surface area (Å²) in [7, 11) is 0. The number of aryl methyl sites for hydroxylation is 1. The van der Waals surface area contributed by atoms with Gasteiger partial charge in [0, 0.05) is 17.9 Å². The van der Waals surface area contributed by atoms with Gasteiger partial charge in [-0.2, -0.15) is 9.97 Å². The number of rotatable bonds is 4. The van der Waals surface area contributed by atoms with Crippen molar-refractivity contribution in [2.24, 2.45) is 0 Å². The van der Waals surface area contributed by atoms with E-state index >= 15 is 0 Å². The molecule has 0 amide bonds. The average molecular weight is 350 g/mol. The van der Waals surface area contributed by atoms with Gasteiger partial charge in [-0.05, 0) is 50.5 Å². The van der Waals surface area contributed by atoms with E-state index in [2.05, 4.69) is 31.7 Å². The summed E-state index contributed by atoms with van der Waals surface area (Å²) in [6.45, 7) is 2.03. The zero-order chi connectivity index (χ0) is 16.8. The quantitative estimate of drug-likeness (QED) is 0.502. The first-order valence-corrected chi connectivity index (χ1v) is 9.32. The molecule has 1 saturated carbocycles. The molecule has 126 valence electrons. The van der Waals surface area contributed by atoms with Crippen LogP contribution in [0.4, 0.5) is 17.5 Å². The lowest BCUT2D eigenvalue weighted by molar-refractivity contribution is 0.445. The molecule has 7 heteroatoms. The number of hydrogen-bond donors (Lipinski definition) is 3. The molecule has 0 saturated heterocycles. The molecule has 0 unspecified atom stereocenters. The third-order valence-electron chi connectivity index (χ3n) is 4.61. The molecule has 0 aliphatic heterocycles. The number of fused-ring (bicyclic) bond motifs is 2. The van der Waals surface area contributed by atoms with Gasteiger partial charge in [0.2, 0.25) is 5.95 Å². The molecule has 1 aliphatic carbocycles. The van der Waals surface area contributed by atoms with Gasteiger partial charge in [0.25, 0.3) is 0 Å². The number of aromatic nitrogens is 4. The van der Waals surface area contributed by atoms with Crippen molar-refractivity contribution in [3.05, 3.63) is 35.5 Å². The van der Waals surface area contributed by atoms with Crippen molar-refractivity contribution in [3.63, 3.8) is 0 Å². The van der Waals surface area contributed by atoms with Crippen LogP contribution in [0.25, 0.3) is 21.3 Å². The zero-order valence-corrected chi connectivity index (χ0v) is 14.7. The van der Waals surface area contributed by atoms with Crippen LogP contribution in [0.15, 0.2) is 30.5 Å². The molecule has 3 heterocycles. The monoisotopic (exact) mass is 350 g/mol. The van der Waals surface area contributed by atoms with Gasteiger partial charge in [0.1, 0.15) is 11.5 Å². The third kappa shape index (κ3) is 2.70. The van der Waals surface area contributed by atoms with Crippen LogP contribution < -0.4 is 10.6 Å². The molecule has 0 radical (unpaired) electrons. The smallest absolute Gasteiger partial charge is 0.231 e. The van der Waals surface area contributed by atoms with E-state index in [1.807, 2.05) is 31.3 Å². The number of nitrogens with zero attached hydrogens (tertiary/aromatic N) is 3. The number of nitrogens with one attached hydrogen (secondary N) is 3. The Kier molecular flexibility index (Phi) is 3.34. The largest absolute Gasteiger partial charge is 0.367 e. The molecule has 6 nitrogen and oxygen atoms in total. The second-order valence-corrected chi connectivity index (χ2v) is 7.68. The fraction of sp³-hybridized carbons (Fsp3) is 0.278. The zero-order valence-electron chi connectivity index (χ0n) is 13.8. The van der Waals surface area contributed by atoms with Gasteiger partial charge >= 0.3 is 0 Å². The van der Waals surface area contributed by atoms with E-state index in [1.165, 1.54) is 19.3 Å². The predicted octanol–water partition coefficient (Wildman–Crippen LogP) is 4.58. The molecule has 1 aliphatic rings. The van der Waals surface area contributed by atoms with Gasteiger partial charge in [0.15, 0.2) is 0 Å². The minimum atomic E-state index is 0.525. The second kappa shape index (κ2) is 5.70. The predicted molar refractivity (Wildman–Crippen MR) is 103 cm³/mol. The van der Waals surface area contributed by atoms with Crippen LogP contribution in [0.3, 0.4) is 0 Å². The van der Waals surface area contributed by atoms with Crippen molar-refractivity contribution in [3.8, 4) is 0 Å². The lowest BCUT2D eigenvalue weighted by Crippen LogP contribution is -2.27. The van der Waals surface area contributed by atoms with Crippen LogP contribution in [-0.4, -0.2) is 26.0 Å². The Morgan fingerprint density at radius 3 is 2.92 bits per heavy atom. The molecule has 0 spiro atoms. The summed E-state index contributed by atoms with van der Waals surface area (Å²) in [4.78, 5) is 17.0. The van der Waals surface area contributed by atoms with E-state index in [4.69, 9.17) is 4.98 Å². The number of thiazole rings is 1. The van der Waals surface area contributed by atoms with E-state index in [0.717, 1.165) is 37.8 Å². The van der Waals surface area contributed by atoms with Crippen molar-refractivity contribution < 1.29 is 0 Å². The lowest BCUT2D eigenvalue weighted by Gasteiger charge is -2.27. The summed E-state index contributed by atoms with van der Waals surface area (Å²) in [6, 6.07) is 8.69. The van der Waals surface area contributed by atoms with Crippen molar-refractivity contribution >= 4 is 50.0 Å². The van der Waals surface area contributed by atoms with Crippen LogP contribution in [0.5, 0.6) is 0 Å². The Morgan fingerprint density at radius 2 is 2.08 bits per heavy atom. The summed E-state index contributed by atoms with van der Waals surface area (Å²) in [5.74, 6) is 1.49. The van der Waals surface area contributed by atoms with E-state index in [-0.39, 0.29) is 0 Å². The Bertz CT molecular complexity index is 1060. The Balaban J connectivity index is 1.50. The normalized spacial score (nSPS) is 14.8. The van der Waals surface area contributed by atoms with Crippen molar-refractivity contribution in [1.29, 1.82) is 0 Å². The van der Waals surface area contributed by atoms with Gasteiger partial charge in [0.05, 0.1) is 20.6 Å². The van der Waals surface area contributed by atoms with Crippen molar-refractivity contribution in [2.45, 2.75) is 32.2 Å². The van der Waals surface area contributed by atoms with Gasteiger partial charge in [-0.25, -0.2) is 4.98 Å². The highest BCUT2D eigenvalue weighted by molar-refractivity contribution is 7.18. The Morgan fingerprint density at radius 1 is 1.16 bits per heavy atom. The SMILES string of the molecule is Cc1nc2ccc(Nc3nc(NC4CCC4)c4cc[nH]c4n3)cc2s1. The first kappa shape index (κ1) is 14.7. The third-order valence-corrected chi connectivity index (χ3v) is 5.55. The summed E-state index contributed by atoms with van der Waals surface area (Å²) in [5, 5.41) is 8.99. The molecule has 4 aromatic rings. The minimum Gasteiger partial charge on any atom is -0.367 e. The lowest BCUT2D eigenvalue weighted by atomic mass is 9.93. The molecule has 1 fully saturated rings. The van der Waals surface area contributed by atoms with Crippen LogP contribution in [0, 0.1) is 6.92 Å². The summed E-state index contributed by atoms with van der Waals surface area (Å²) in [5.41, 5.74) is 2.84. The molecule has 5 rings (SSSR count). The molecule has 3 aromatic heterocycles. The van der Waals surface area contributed by atoms with Crippen LogP contribution in [0.1, 0.15) is 24.3 Å². The number of H-pyrrole nitrogens is 1. The summed E-state index contributed by atoms with van der Waals surface area (Å²) >= 11 is 1.69. The van der Waals surface area contributed by atoms with E-state index in [1.54, 1.807) is 11.3 Å². The molecule has 25 heavy (non-hydrogen) atoms. The van der Waals surface area contributed by atoms with Gasteiger partial charge in [-0.15, -0.1) is 11.3 Å². The number of aromatic amines is 1. The highest BCUT2D eigenvalue weighted by Gasteiger charge is 2.19. The van der Waals surface area contributed by atoms with Crippen LogP contribution in [-0.2, 0) is 0 Å². The molecular formula is C18H18N6S. The van der Waals surface area contributed by atoms with Gasteiger partial charge in [-0.3, -0.25) is 0 Å². The highest BCUT2D eigenvalue weighted by Crippen LogP contribution is 2.29. The molecule has 3 N–H and O–H groups in total. The standard InChI is InChI=1S/C18H18N6S/c1-10-20-14-6-5-12(9-15(14)25-10)22-18-23-16-13(7-8-19-16)17(24-18)21-11-3-2-4-11/h5-9,11H,2-4H2,1H3,(H3,19,21,22,23,24). The van der Waals surface area contributed by atoms with E-state index < -0.39 is 0 Å². The number of hydrogen-bond acceptors (Lipinski definition) is 6. The molecular weight excluding hydrogens is 332 g/mol. The van der Waals surface area contributed by atoms with Crippen molar-refractivity contribution in [1.82, 2.24) is 19.9 Å². The first-order chi connectivity index (χ1) is 12.2. The minimum absolute atomic E-state index is 0.525. The first-order valence-electron chi connectivity index (χ1n) is 8.50. The molecule has 1 aromatic carbocycles. The molecule has 0 atom stereocenters. The summed E-state index contributed by atoms with van der Waals surface area (Å²) < 4.78 is 1.16. The number of anilines is 3. The molecule has 0 bridgehead atoms. The highest BCUT2D eigenvalue weighted by atomic mass is 32.1. The fourth-order valence-corrected chi connectivity index (χ4v) is 3.97. The Labute approximate surface area is 148 Å². The maximum Gasteiger partial charge on any atom is 0.231 e. The second-order valence-electron chi connectivity index (χ2n) is 6.45. The topological polar surface area (TPSA) is 78.5 Å². The average Bonchev–Trinajstić information content (AvgIpc) is 3.15. The van der Waals surface area contributed by atoms with Gasteiger partial charge < -0.3 is 15.6 Å². The van der Waals surface area contributed by atoms with Crippen molar-refractivity contribution in [2.75, 3.05) is 10.6 Å². The Hall–Kier alpha value is -2.67. The maximum absolute atomic E-state index is 4.71. The summed E-state index contributed by atoms with van der Waals surface area (Å²) in [6.07, 6.45) is 5.61. The maximum atomic E-state index is 4.71. The van der Waals surface area contributed by atoms with Crippen LogP contribution in [0.2, 0.25) is 0 Å². The van der Waals surface area contributed by atoms with Gasteiger partial charge in [-0.1, -0.05) is 0 Å².